The lowest BCUT2D eigenvalue weighted by Crippen LogP contribution is -2.23. The van der Waals surface area contributed by atoms with Crippen molar-refractivity contribution >= 4 is 11.7 Å². The Morgan fingerprint density at radius 1 is 0.950 bits per heavy atom. The molecule has 0 unspecified atom stereocenters. The summed E-state index contributed by atoms with van der Waals surface area (Å²) in [7, 11) is 1.60. The molecule has 1 aliphatic rings. The molecule has 1 aromatic carbocycles. The maximum Gasteiger partial charge on any atom is 0.185 e. The molecular formula is C15H13N4O. The molecule has 0 bridgehead atoms. The van der Waals surface area contributed by atoms with E-state index in [0.29, 0.717) is 18.3 Å². The summed E-state index contributed by atoms with van der Waals surface area (Å²) in [5, 5.41) is 12.3. The van der Waals surface area contributed by atoms with Crippen LogP contribution in [-0.2, 0) is 4.74 Å². The first-order chi connectivity index (χ1) is 9.86. The summed E-state index contributed by atoms with van der Waals surface area (Å²) >= 11 is 0. The molecule has 0 amide bonds. The molecule has 0 spiro atoms. The average molecular weight is 265 g/mol. The third kappa shape index (κ3) is 2.57. The van der Waals surface area contributed by atoms with Crippen molar-refractivity contribution in [3.05, 3.63) is 54.4 Å². The van der Waals surface area contributed by atoms with Crippen LogP contribution in [0.4, 0.5) is 0 Å². The third-order valence-corrected chi connectivity index (χ3v) is 2.87. The van der Waals surface area contributed by atoms with E-state index in [2.05, 4.69) is 20.5 Å². The number of pyridine rings is 1. The Balaban J connectivity index is 1.83. The number of hydrogen-bond acceptors (Lipinski definition) is 4. The molecule has 0 saturated carbocycles. The van der Waals surface area contributed by atoms with Gasteiger partial charge in [-0.25, -0.2) is 5.32 Å². The predicted octanol–water partition coefficient (Wildman–Crippen LogP) is 2.07. The van der Waals surface area contributed by atoms with E-state index >= 15 is 0 Å². The average Bonchev–Trinajstić information content (AvgIpc) is 2.97. The van der Waals surface area contributed by atoms with Gasteiger partial charge in [0.2, 0.25) is 0 Å². The molecule has 0 aliphatic carbocycles. The van der Waals surface area contributed by atoms with E-state index in [1.54, 1.807) is 13.3 Å². The Kier molecular flexibility index (Phi) is 3.52. The van der Waals surface area contributed by atoms with Crippen LogP contribution in [0.25, 0.3) is 11.1 Å². The summed E-state index contributed by atoms with van der Waals surface area (Å²) in [5.74, 6) is 1.15. The van der Waals surface area contributed by atoms with Crippen LogP contribution in [0.2, 0.25) is 0 Å². The lowest BCUT2D eigenvalue weighted by Gasteiger charge is -2.04. The van der Waals surface area contributed by atoms with Crippen LogP contribution in [0.15, 0.2) is 59.0 Å². The van der Waals surface area contributed by atoms with E-state index in [1.807, 2.05) is 42.6 Å². The number of nitrogens with zero attached hydrogens (tertiary/aromatic N) is 4. The van der Waals surface area contributed by atoms with E-state index < -0.39 is 0 Å². The standard InChI is InChI=1S/C15H13N4O/c1-20-10-14-17-15(19-18-14)13-7-12(8-16-9-13)11-5-3-2-4-6-11/h2-9H,10H2,1H3. The van der Waals surface area contributed by atoms with Crippen LogP contribution >= 0.6 is 0 Å². The molecule has 1 aromatic heterocycles. The molecule has 0 atom stereocenters. The number of benzene rings is 1. The van der Waals surface area contributed by atoms with Crippen molar-refractivity contribution in [2.45, 2.75) is 0 Å². The lowest BCUT2D eigenvalue weighted by molar-refractivity contribution is 0.243. The first-order valence-corrected chi connectivity index (χ1v) is 6.23. The number of aromatic nitrogens is 1. The SMILES string of the molecule is COCC1=NN=C(c2cncc(-c3ccccc3)c2)[N]1. The van der Waals surface area contributed by atoms with Crippen molar-refractivity contribution in [3.8, 4) is 11.1 Å². The van der Waals surface area contributed by atoms with Crippen LogP contribution in [-0.4, -0.2) is 30.4 Å². The first kappa shape index (κ1) is 12.5. The highest BCUT2D eigenvalue weighted by Gasteiger charge is 2.16. The molecule has 20 heavy (non-hydrogen) atoms. The second-order valence-electron chi connectivity index (χ2n) is 4.31. The van der Waals surface area contributed by atoms with Gasteiger partial charge in [-0.1, -0.05) is 30.3 Å². The minimum Gasteiger partial charge on any atom is -0.377 e. The van der Waals surface area contributed by atoms with Gasteiger partial charge in [-0.3, -0.25) is 4.98 Å². The summed E-state index contributed by atoms with van der Waals surface area (Å²) in [5.41, 5.74) is 2.99. The van der Waals surface area contributed by atoms with Gasteiger partial charge in [-0.05, 0) is 11.6 Å². The van der Waals surface area contributed by atoms with Gasteiger partial charge in [0.15, 0.2) is 11.7 Å². The molecule has 5 nitrogen and oxygen atoms in total. The quantitative estimate of drug-likeness (QED) is 0.849. The van der Waals surface area contributed by atoms with E-state index in [0.717, 1.165) is 16.7 Å². The number of ether oxygens (including phenoxy) is 1. The summed E-state index contributed by atoms with van der Waals surface area (Å²) < 4.78 is 4.99. The van der Waals surface area contributed by atoms with Crippen molar-refractivity contribution in [3.63, 3.8) is 0 Å². The van der Waals surface area contributed by atoms with E-state index in [9.17, 15) is 0 Å². The number of methoxy groups -OCH3 is 1. The summed E-state index contributed by atoms with van der Waals surface area (Å²) in [6.45, 7) is 0.360. The minimum atomic E-state index is 0.360. The first-order valence-electron chi connectivity index (χ1n) is 6.23. The molecule has 2 aromatic rings. The van der Waals surface area contributed by atoms with Crippen molar-refractivity contribution in [1.82, 2.24) is 10.3 Å². The van der Waals surface area contributed by atoms with Crippen molar-refractivity contribution in [1.29, 1.82) is 0 Å². The van der Waals surface area contributed by atoms with Crippen molar-refractivity contribution in [2.24, 2.45) is 10.2 Å². The maximum atomic E-state index is 4.99. The highest BCUT2D eigenvalue weighted by Crippen LogP contribution is 2.19. The third-order valence-electron chi connectivity index (χ3n) is 2.87. The highest BCUT2D eigenvalue weighted by molar-refractivity contribution is 6.12. The largest absolute Gasteiger partial charge is 0.377 e. The highest BCUT2D eigenvalue weighted by atomic mass is 16.5. The van der Waals surface area contributed by atoms with Crippen LogP contribution in [0.3, 0.4) is 0 Å². The molecule has 1 aliphatic heterocycles. The topological polar surface area (TPSA) is 60.9 Å². The van der Waals surface area contributed by atoms with Crippen LogP contribution in [0.1, 0.15) is 5.56 Å². The van der Waals surface area contributed by atoms with Gasteiger partial charge in [0.05, 0.1) is 0 Å². The fraction of sp³-hybridized carbons (Fsp3) is 0.133. The molecule has 3 rings (SSSR count). The van der Waals surface area contributed by atoms with Gasteiger partial charge in [-0.15, -0.1) is 10.2 Å². The molecular weight excluding hydrogens is 252 g/mol. The Morgan fingerprint density at radius 2 is 1.75 bits per heavy atom. The van der Waals surface area contributed by atoms with Crippen molar-refractivity contribution < 1.29 is 4.74 Å². The second-order valence-corrected chi connectivity index (χ2v) is 4.31. The van der Waals surface area contributed by atoms with Crippen molar-refractivity contribution in [2.75, 3.05) is 13.7 Å². The van der Waals surface area contributed by atoms with Gasteiger partial charge in [0.25, 0.3) is 0 Å². The van der Waals surface area contributed by atoms with Gasteiger partial charge in [0, 0.05) is 30.6 Å². The van der Waals surface area contributed by atoms with Crippen LogP contribution in [0, 0.1) is 0 Å². The minimum absolute atomic E-state index is 0.360. The van der Waals surface area contributed by atoms with Gasteiger partial charge >= 0.3 is 0 Å². The zero-order chi connectivity index (χ0) is 13.8. The fourth-order valence-electron chi connectivity index (χ4n) is 1.94. The maximum absolute atomic E-state index is 4.99. The second kappa shape index (κ2) is 5.63. The van der Waals surface area contributed by atoms with Gasteiger partial charge in [0.1, 0.15) is 6.61 Å². The number of rotatable bonds is 4. The Hall–Kier alpha value is -2.53. The zero-order valence-electron chi connectivity index (χ0n) is 11.0. The smallest absolute Gasteiger partial charge is 0.185 e. The molecule has 1 radical (unpaired) electrons. The predicted molar refractivity (Wildman–Crippen MR) is 77.7 cm³/mol. The Morgan fingerprint density at radius 3 is 2.55 bits per heavy atom. The van der Waals surface area contributed by atoms with E-state index in [1.165, 1.54) is 0 Å². The van der Waals surface area contributed by atoms with E-state index in [4.69, 9.17) is 4.74 Å². The molecule has 0 fully saturated rings. The number of hydrogen-bond donors (Lipinski definition) is 0. The molecule has 0 saturated heterocycles. The van der Waals surface area contributed by atoms with Crippen LogP contribution < -0.4 is 5.32 Å². The van der Waals surface area contributed by atoms with Gasteiger partial charge < -0.3 is 4.74 Å². The molecule has 2 heterocycles. The van der Waals surface area contributed by atoms with E-state index in [-0.39, 0.29) is 0 Å². The van der Waals surface area contributed by atoms with Gasteiger partial charge in [-0.2, -0.15) is 0 Å². The monoisotopic (exact) mass is 265 g/mol. The fourth-order valence-corrected chi connectivity index (χ4v) is 1.94. The Bertz CT molecular complexity index is 665. The Labute approximate surface area is 117 Å². The summed E-state index contributed by atoms with van der Waals surface area (Å²) in [4.78, 5) is 4.25. The lowest BCUT2D eigenvalue weighted by atomic mass is 10.1. The zero-order valence-corrected chi connectivity index (χ0v) is 11.0. The summed E-state index contributed by atoms with van der Waals surface area (Å²) in [6, 6.07) is 12.1. The normalized spacial score (nSPS) is 13.7. The molecule has 99 valence electrons. The molecule has 0 N–H and O–H groups in total. The number of amidine groups is 2. The van der Waals surface area contributed by atoms with Crippen LogP contribution in [0.5, 0.6) is 0 Å². The molecule has 5 heteroatoms. The summed E-state index contributed by atoms with van der Waals surface area (Å²) in [6.07, 6.45) is 3.56.